The van der Waals surface area contributed by atoms with E-state index in [1.54, 1.807) is 0 Å². The van der Waals surface area contributed by atoms with Gasteiger partial charge in [-0.2, -0.15) is 0 Å². The highest BCUT2D eigenvalue weighted by Gasteiger charge is 2.31. The maximum atomic E-state index is 12.1. The van der Waals surface area contributed by atoms with Crippen molar-refractivity contribution in [3.05, 3.63) is 0 Å². The summed E-state index contributed by atoms with van der Waals surface area (Å²) >= 11 is 0. The second kappa shape index (κ2) is 4.49. The predicted octanol–water partition coefficient (Wildman–Crippen LogP) is 0.232. The lowest BCUT2D eigenvalue weighted by Gasteiger charge is -2.36. The van der Waals surface area contributed by atoms with Gasteiger partial charge in [-0.25, -0.2) is 0 Å². The Morgan fingerprint density at radius 1 is 1.33 bits per heavy atom. The first kappa shape index (κ1) is 10.9. The molecule has 2 rings (SSSR count). The van der Waals surface area contributed by atoms with E-state index in [-0.39, 0.29) is 18.1 Å². The summed E-state index contributed by atoms with van der Waals surface area (Å²) in [6.07, 6.45) is 1.33. The fourth-order valence-corrected chi connectivity index (χ4v) is 2.48. The standard InChI is InChI=1S/C11H20N2O2/c1-8-6-13(7-9(2)15-8)11(14)10-3-4-12-5-10/h8-10,12H,3-7H2,1-2H3/t8-,9-,10+/m1/s1. The van der Waals surface area contributed by atoms with Crippen molar-refractivity contribution in [3.63, 3.8) is 0 Å². The van der Waals surface area contributed by atoms with Gasteiger partial charge in [0.1, 0.15) is 0 Å². The molecule has 2 fully saturated rings. The average molecular weight is 212 g/mol. The Morgan fingerprint density at radius 3 is 2.53 bits per heavy atom. The lowest BCUT2D eigenvalue weighted by atomic mass is 10.1. The molecule has 2 aliphatic rings. The van der Waals surface area contributed by atoms with Crippen LogP contribution >= 0.6 is 0 Å². The van der Waals surface area contributed by atoms with Crippen LogP contribution in [0.1, 0.15) is 20.3 Å². The van der Waals surface area contributed by atoms with Crippen LogP contribution in [0.2, 0.25) is 0 Å². The van der Waals surface area contributed by atoms with Crippen molar-refractivity contribution >= 4 is 5.91 Å². The van der Waals surface area contributed by atoms with E-state index in [0.717, 1.165) is 32.6 Å². The summed E-state index contributed by atoms with van der Waals surface area (Å²) in [6.45, 7) is 7.38. The zero-order valence-corrected chi connectivity index (χ0v) is 9.53. The Balaban J connectivity index is 1.93. The van der Waals surface area contributed by atoms with Gasteiger partial charge in [-0.1, -0.05) is 0 Å². The molecule has 2 saturated heterocycles. The number of hydrogen-bond acceptors (Lipinski definition) is 3. The van der Waals surface area contributed by atoms with Crippen LogP contribution in [0, 0.1) is 5.92 Å². The topological polar surface area (TPSA) is 41.6 Å². The molecule has 0 aromatic carbocycles. The Kier molecular flexibility index (Phi) is 3.26. The molecule has 0 aromatic rings. The van der Waals surface area contributed by atoms with E-state index in [9.17, 15) is 4.79 Å². The highest BCUT2D eigenvalue weighted by molar-refractivity contribution is 5.79. The highest BCUT2D eigenvalue weighted by atomic mass is 16.5. The van der Waals surface area contributed by atoms with Crippen LogP contribution < -0.4 is 5.32 Å². The van der Waals surface area contributed by atoms with E-state index in [1.807, 2.05) is 18.7 Å². The number of rotatable bonds is 1. The number of carbonyl (C=O) groups excluding carboxylic acids is 1. The molecule has 2 heterocycles. The molecular formula is C11H20N2O2. The first-order valence-corrected chi connectivity index (χ1v) is 5.82. The van der Waals surface area contributed by atoms with Crippen LogP contribution in [-0.2, 0) is 9.53 Å². The number of nitrogens with zero attached hydrogens (tertiary/aromatic N) is 1. The van der Waals surface area contributed by atoms with Gasteiger partial charge in [0.15, 0.2) is 0 Å². The summed E-state index contributed by atoms with van der Waals surface area (Å²) in [5, 5.41) is 3.24. The summed E-state index contributed by atoms with van der Waals surface area (Å²) in [7, 11) is 0. The maximum Gasteiger partial charge on any atom is 0.227 e. The first-order valence-electron chi connectivity index (χ1n) is 5.82. The second-order valence-electron chi connectivity index (χ2n) is 4.69. The van der Waals surface area contributed by atoms with Crippen LogP contribution in [0.3, 0.4) is 0 Å². The number of amides is 1. The molecule has 1 amide bonds. The van der Waals surface area contributed by atoms with Crippen molar-refractivity contribution in [2.75, 3.05) is 26.2 Å². The van der Waals surface area contributed by atoms with E-state index < -0.39 is 0 Å². The quantitative estimate of drug-likeness (QED) is 0.676. The number of hydrogen-bond donors (Lipinski definition) is 1. The fourth-order valence-electron chi connectivity index (χ4n) is 2.48. The third kappa shape index (κ3) is 2.49. The third-order valence-corrected chi connectivity index (χ3v) is 3.14. The van der Waals surface area contributed by atoms with E-state index in [2.05, 4.69) is 5.32 Å². The molecule has 3 atom stereocenters. The number of carbonyl (C=O) groups is 1. The molecule has 0 aromatic heterocycles. The van der Waals surface area contributed by atoms with Gasteiger partial charge < -0.3 is 15.0 Å². The molecule has 2 aliphatic heterocycles. The van der Waals surface area contributed by atoms with Gasteiger partial charge in [-0.05, 0) is 26.8 Å². The van der Waals surface area contributed by atoms with Gasteiger partial charge in [0, 0.05) is 19.6 Å². The predicted molar refractivity (Wildman–Crippen MR) is 57.6 cm³/mol. The minimum atomic E-state index is 0.173. The zero-order valence-electron chi connectivity index (χ0n) is 9.53. The molecule has 0 bridgehead atoms. The molecule has 4 heteroatoms. The number of morpholine rings is 1. The van der Waals surface area contributed by atoms with Gasteiger partial charge in [0.25, 0.3) is 0 Å². The summed E-state index contributed by atoms with van der Waals surface area (Å²) in [5.74, 6) is 0.504. The molecule has 1 N–H and O–H groups in total. The summed E-state index contributed by atoms with van der Waals surface area (Å²) in [4.78, 5) is 14.1. The number of ether oxygens (including phenoxy) is 1. The van der Waals surface area contributed by atoms with Crippen molar-refractivity contribution in [3.8, 4) is 0 Å². The normalized spacial score (nSPS) is 36.9. The van der Waals surface area contributed by atoms with Gasteiger partial charge in [-0.15, -0.1) is 0 Å². The molecule has 0 unspecified atom stereocenters. The van der Waals surface area contributed by atoms with E-state index >= 15 is 0 Å². The summed E-state index contributed by atoms with van der Waals surface area (Å²) < 4.78 is 5.62. The number of nitrogens with one attached hydrogen (secondary N) is 1. The molecule has 4 nitrogen and oxygen atoms in total. The largest absolute Gasteiger partial charge is 0.372 e. The summed E-state index contributed by atoms with van der Waals surface area (Å²) in [5.41, 5.74) is 0. The third-order valence-electron chi connectivity index (χ3n) is 3.14. The average Bonchev–Trinajstić information content (AvgIpc) is 2.67. The lowest BCUT2D eigenvalue weighted by Crippen LogP contribution is -2.50. The van der Waals surface area contributed by atoms with Gasteiger partial charge in [0.05, 0.1) is 18.1 Å². The molecule has 15 heavy (non-hydrogen) atoms. The smallest absolute Gasteiger partial charge is 0.227 e. The fraction of sp³-hybridized carbons (Fsp3) is 0.909. The maximum absolute atomic E-state index is 12.1. The second-order valence-corrected chi connectivity index (χ2v) is 4.69. The van der Waals surface area contributed by atoms with Crippen molar-refractivity contribution in [1.29, 1.82) is 0 Å². The van der Waals surface area contributed by atoms with Gasteiger partial charge in [-0.3, -0.25) is 4.79 Å². The van der Waals surface area contributed by atoms with E-state index in [1.165, 1.54) is 0 Å². The van der Waals surface area contributed by atoms with E-state index in [0.29, 0.717) is 5.91 Å². The van der Waals surface area contributed by atoms with Crippen LogP contribution in [0.25, 0.3) is 0 Å². The van der Waals surface area contributed by atoms with Gasteiger partial charge >= 0.3 is 0 Å². The van der Waals surface area contributed by atoms with Gasteiger partial charge in [0.2, 0.25) is 5.91 Å². The monoisotopic (exact) mass is 212 g/mol. The summed E-state index contributed by atoms with van der Waals surface area (Å²) in [6, 6.07) is 0. The minimum absolute atomic E-state index is 0.173. The van der Waals surface area contributed by atoms with Crippen LogP contribution in [0.5, 0.6) is 0 Å². The first-order chi connectivity index (χ1) is 7.16. The van der Waals surface area contributed by atoms with Crippen LogP contribution in [0.15, 0.2) is 0 Å². The lowest BCUT2D eigenvalue weighted by molar-refractivity contribution is -0.146. The Hall–Kier alpha value is -0.610. The van der Waals surface area contributed by atoms with Crippen LogP contribution in [0.4, 0.5) is 0 Å². The van der Waals surface area contributed by atoms with Crippen molar-refractivity contribution in [1.82, 2.24) is 10.2 Å². The molecule has 0 aliphatic carbocycles. The molecule has 0 radical (unpaired) electrons. The Labute approximate surface area is 91.0 Å². The zero-order chi connectivity index (χ0) is 10.8. The minimum Gasteiger partial charge on any atom is -0.372 e. The molecule has 0 saturated carbocycles. The highest BCUT2D eigenvalue weighted by Crippen LogP contribution is 2.17. The van der Waals surface area contributed by atoms with Crippen molar-refractivity contribution < 1.29 is 9.53 Å². The van der Waals surface area contributed by atoms with Crippen molar-refractivity contribution in [2.24, 2.45) is 5.92 Å². The van der Waals surface area contributed by atoms with Crippen molar-refractivity contribution in [2.45, 2.75) is 32.5 Å². The SMILES string of the molecule is C[C@@H]1CN(C(=O)[C@H]2CCNC2)C[C@@H](C)O1. The molecule has 0 spiro atoms. The molecular weight excluding hydrogens is 192 g/mol. The van der Waals surface area contributed by atoms with Crippen LogP contribution in [-0.4, -0.2) is 49.2 Å². The Bertz CT molecular complexity index is 229. The molecule has 86 valence electrons. The Morgan fingerprint density at radius 2 is 2.00 bits per heavy atom. The van der Waals surface area contributed by atoms with E-state index in [4.69, 9.17) is 4.74 Å².